The predicted octanol–water partition coefficient (Wildman–Crippen LogP) is 4.43. The van der Waals surface area contributed by atoms with Crippen LogP contribution in [-0.4, -0.2) is 43.9 Å². The molecule has 1 aliphatic heterocycles. The van der Waals surface area contributed by atoms with E-state index in [1.54, 1.807) is 0 Å². The van der Waals surface area contributed by atoms with Gasteiger partial charge in [0.15, 0.2) is 11.5 Å². The van der Waals surface area contributed by atoms with Gasteiger partial charge in [-0.3, -0.25) is 5.10 Å². The number of benzene rings is 2. The Morgan fingerprint density at radius 2 is 1.84 bits per heavy atom. The second-order valence-corrected chi connectivity index (χ2v) is 8.11. The Bertz CT molecular complexity index is 1370. The van der Waals surface area contributed by atoms with E-state index < -0.39 is 0 Å². The molecule has 0 saturated carbocycles. The Hall–Kier alpha value is -3.91. The maximum absolute atomic E-state index is 4.70. The number of fused-ring (bicyclic) bond motifs is 2. The number of hydrogen-bond donors (Lipinski definition) is 4. The van der Waals surface area contributed by atoms with Crippen molar-refractivity contribution in [2.75, 3.05) is 23.7 Å². The molecular weight excluding hydrogens is 400 g/mol. The van der Waals surface area contributed by atoms with E-state index >= 15 is 0 Å². The molecule has 3 aromatic heterocycles. The molecule has 8 heteroatoms. The fourth-order valence-electron chi connectivity index (χ4n) is 4.28. The van der Waals surface area contributed by atoms with E-state index in [4.69, 9.17) is 5.10 Å². The number of aromatic nitrogens is 5. The molecule has 0 aliphatic carbocycles. The lowest BCUT2D eigenvalue weighted by Gasteiger charge is -2.23. The van der Waals surface area contributed by atoms with Crippen molar-refractivity contribution in [1.29, 1.82) is 0 Å². The predicted molar refractivity (Wildman–Crippen MR) is 129 cm³/mol. The topological polar surface area (TPSA) is 95.0 Å². The largest absolute Gasteiger partial charge is 0.365 e. The summed E-state index contributed by atoms with van der Waals surface area (Å²) in [7, 11) is 0. The summed E-state index contributed by atoms with van der Waals surface area (Å²) in [5.74, 6) is 1.47. The minimum atomic E-state index is 0. The molecule has 5 aromatic rings. The van der Waals surface area contributed by atoms with Crippen LogP contribution in [0, 0.1) is 0 Å². The van der Waals surface area contributed by atoms with Gasteiger partial charge in [0.2, 0.25) is 5.95 Å². The Morgan fingerprint density at radius 3 is 2.72 bits per heavy atom. The van der Waals surface area contributed by atoms with Gasteiger partial charge in [-0.1, -0.05) is 36.4 Å². The first kappa shape index (κ1) is 18.8. The Kier molecular flexibility index (Phi) is 4.69. The van der Waals surface area contributed by atoms with Crippen molar-refractivity contribution in [3.8, 4) is 11.3 Å². The third-order valence-electron chi connectivity index (χ3n) is 5.93. The SMILES string of the molecule is [HH].c1ccc(-c2cccc3nc(Nc4ccc5c(NC6CCNCC6)n[nH]c5c4)nn23)cc1. The number of pyridine rings is 1. The number of nitrogens with zero attached hydrogens (tertiary/aromatic N) is 4. The van der Waals surface area contributed by atoms with Crippen molar-refractivity contribution >= 4 is 34.0 Å². The molecule has 0 amide bonds. The summed E-state index contributed by atoms with van der Waals surface area (Å²) in [6.45, 7) is 2.10. The molecule has 1 aliphatic rings. The second-order valence-electron chi connectivity index (χ2n) is 8.11. The van der Waals surface area contributed by atoms with Crippen LogP contribution in [-0.2, 0) is 0 Å². The molecule has 2 aromatic carbocycles. The smallest absolute Gasteiger partial charge is 0.247 e. The van der Waals surface area contributed by atoms with Gasteiger partial charge < -0.3 is 16.0 Å². The van der Waals surface area contributed by atoms with Crippen LogP contribution in [0.15, 0.2) is 66.7 Å². The summed E-state index contributed by atoms with van der Waals surface area (Å²) >= 11 is 0. The fourth-order valence-corrected chi connectivity index (χ4v) is 4.28. The molecule has 0 atom stereocenters. The highest BCUT2D eigenvalue weighted by Gasteiger charge is 2.16. The van der Waals surface area contributed by atoms with Gasteiger partial charge >= 0.3 is 0 Å². The first-order chi connectivity index (χ1) is 15.8. The number of nitrogens with one attached hydrogen (secondary N) is 4. The van der Waals surface area contributed by atoms with Crippen LogP contribution in [0.2, 0.25) is 0 Å². The van der Waals surface area contributed by atoms with Crippen LogP contribution in [0.25, 0.3) is 27.8 Å². The lowest BCUT2D eigenvalue weighted by molar-refractivity contribution is 0.478. The molecular formula is C24H26N8. The second kappa shape index (κ2) is 7.97. The Morgan fingerprint density at radius 1 is 0.969 bits per heavy atom. The molecule has 8 nitrogen and oxygen atoms in total. The molecule has 0 unspecified atom stereocenters. The van der Waals surface area contributed by atoms with Crippen molar-refractivity contribution in [2.24, 2.45) is 0 Å². The highest BCUT2D eigenvalue weighted by molar-refractivity contribution is 5.92. The third kappa shape index (κ3) is 3.54. The summed E-state index contributed by atoms with van der Waals surface area (Å²) in [5, 5.41) is 23.7. The number of hydrogen-bond acceptors (Lipinski definition) is 6. The first-order valence-corrected chi connectivity index (χ1v) is 11.0. The van der Waals surface area contributed by atoms with E-state index in [1.807, 2.05) is 53.0 Å². The van der Waals surface area contributed by atoms with Crippen molar-refractivity contribution in [2.45, 2.75) is 18.9 Å². The molecule has 6 rings (SSSR count). The summed E-state index contributed by atoms with van der Waals surface area (Å²) < 4.78 is 1.87. The molecule has 162 valence electrons. The number of rotatable bonds is 5. The average Bonchev–Trinajstić information content (AvgIpc) is 3.43. The van der Waals surface area contributed by atoms with Crippen LogP contribution >= 0.6 is 0 Å². The van der Waals surface area contributed by atoms with E-state index in [-0.39, 0.29) is 1.43 Å². The zero-order chi connectivity index (χ0) is 21.3. The maximum Gasteiger partial charge on any atom is 0.247 e. The fraction of sp³-hybridized carbons (Fsp3) is 0.208. The zero-order valence-electron chi connectivity index (χ0n) is 17.5. The van der Waals surface area contributed by atoms with Crippen molar-refractivity contribution < 1.29 is 1.43 Å². The third-order valence-corrected chi connectivity index (χ3v) is 5.93. The first-order valence-electron chi connectivity index (χ1n) is 11.0. The van der Waals surface area contributed by atoms with Gasteiger partial charge in [-0.2, -0.15) is 10.1 Å². The lowest BCUT2D eigenvalue weighted by Crippen LogP contribution is -2.35. The van der Waals surface area contributed by atoms with Gasteiger partial charge in [0.1, 0.15) is 0 Å². The maximum atomic E-state index is 4.70. The van der Waals surface area contributed by atoms with E-state index in [0.29, 0.717) is 12.0 Å². The summed E-state index contributed by atoms with van der Waals surface area (Å²) in [5.41, 5.74) is 4.78. The van der Waals surface area contributed by atoms with Gasteiger partial charge in [-0.15, -0.1) is 5.10 Å². The van der Waals surface area contributed by atoms with Crippen molar-refractivity contribution in [3.05, 3.63) is 66.7 Å². The molecule has 1 fully saturated rings. The van der Waals surface area contributed by atoms with Crippen LogP contribution in [0.1, 0.15) is 14.3 Å². The Balaban J connectivity index is 0.00000228. The molecule has 4 N–H and O–H groups in total. The normalized spacial score (nSPS) is 14.8. The highest BCUT2D eigenvalue weighted by Crippen LogP contribution is 2.27. The number of anilines is 3. The molecule has 0 spiro atoms. The minimum Gasteiger partial charge on any atom is -0.365 e. The minimum absolute atomic E-state index is 0. The van der Waals surface area contributed by atoms with E-state index in [0.717, 1.165) is 65.2 Å². The van der Waals surface area contributed by atoms with Crippen LogP contribution < -0.4 is 16.0 Å². The summed E-state index contributed by atoms with van der Waals surface area (Å²) in [6.07, 6.45) is 2.22. The summed E-state index contributed by atoms with van der Waals surface area (Å²) in [4.78, 5) is 4.65. The van der Waals surface area contributed by atoms with Crippen LogP contribution in [0.3, 0.4) is 0 Å². The van der Waals surface area contributed by atoms with Gasteiger partial charge in [0.25, 0.3) is 0 Å². The van der Waals surface area contributed by atoms with E-state index in [2.05, 4.69) is 49.3 Å². The van der Waals surface area contributed by atoms with Crippen molar-refractivity contribution in [1.82, 2.24) is 30.1 Å². The quantitative estimate of drug-likeness (QED) is 0.332. The van der Waals surface area contributed by atoms with Crippen LogP contribution in [0.5, 0.6) is 0 Å². The van der Waals surface area contributed by atoms with E-state index in [1.165, 1.54) is 0 Å². The lowest BCUT2D eigenvalue weighted by atomic mass is 10.1. The van der Waals surface area contributed by atoms with Crippen molar-refractivity contribution in [3.63, 3.8) is 0 Å². The number of aromatic amines is 1. The van der Waals surface area contributed by atoms with Crippen LogP contribution in [0.4, 0.5) is 17.5 Å². The average molecular weight is 427 g/mol. The van der Waals surface area contributed by atoms with Gasteiger partial charge in [0.05, 0.1) is 11.2 Å². The van der Waals surface area contributed by atoms with E-state index in [9.17, 15) is 0 Å². The highest BCUT2D eigenvalue weighted by atomic mass is 15.4. The zero-order valence-corrected chi connectivity index (χ0v) is 17.5. The number of piperidine rings is 1. The molecule has 0 radical (unpaired) electrons. The van der Waals surface area contributed by atoms with Gasteiger partial charge in [-0.05, 0) is 56.3 Å². The molecule has 0 bridgehead atoms. The summed E-state index contributed by atoms with van der Waals surface area (Å²) in [6, 6.07) is 22.8. The molecule has 1 saturated heterocycles. The molecule has 32 heavy (non-hydrogen) atoms. The molecule has 4 heterocycles. The van der Waals surface area contributed by atoms with Gasteiger partial charge in [-0.25, -0.2) is 4.52 Å². The van der Waals surface area contributed by atoms with Gasteiger partial charge in [0, 0.05) is 24.1 Å². The number of H-pyrrole nitrogens is 1. The monoisotopic (exact) mass is 426 g/mol. The Labute approximate surface area is 186 Å². The standard InChI is InChI=1S/C24H24N8.H2/c1-2-5-16(6-3-1)21-7-4-8-22-28-24(31-32(21)22)27-18-9-10-19-20(15-18)29-30-23(19)26-17-11-13-25-14-12-17;/h1-10,15,17,25H,11-14H2,(H,27,31)(H2,26,29,30);1H.